The molecule has 0 aromatic rings. The smallest absolute Gasteiger partial charge is 0.459 e. The molecular weight excluding hydrogens is 212 g/mol. The quantitative estimate of drug-likeness (QED) is 0.492. The van der Waals surface area contributed by atoms with Crippen LogP contribution in [-0.2, 0) is 8.85 Å². The zero-order chi connectivity index (χ0) is 11.7. The first-order valence-electron chi connectivity index (χ1n) is 5.58. The average Bonchev–Trinajstić information content (AvgIpc) is 2.18. The summed E-state index contributed by atoms with van der Waals surface area (Å²) in [4.78, 5) is 11.0. The lowest BCUT2D eigenvalue weighted by molar-refractivity contribution is 0.149. The topological polar surface area (TPSA) is 55.8 Å². The van der Waals surface area contributed by atoms with E-state index in [-0.39, 0.29) is 0 Å². The normalized spacial score (nSPS) is 11.7. The van der Waals surface area contributed by atoms with Crippen LogP contribution >= 0.6 is 0 Å². The van der Waals surface area contributed by atoms with Crippen molar-refractivity contribution in [3.8, 4) is 0 Å². The largest absolute Gasteiger partial charge is 0.481 e. The Morgan fingerprint density at radius 1 is 1.13 bits per heavy atom. The summed E-state index contributed by atoms with van der Waals surface area (Å²) in [5, 5.41) is 9.04. The van der Waals surface area contributed by atoms with Crippen molar-refractivity contribution in [3.05, 3.63) is 0 Å². The molecule has 15 heavy (non-hydrogen) atoms. The molecule has 0 radical (unpaired) electrons. The monoisotopic (exact) mass is 234 g/mol. The lowest BCUT2D eigenvalue weighted by atomic mass is 10.4. The molecule has 5 heteroatoms. The Morgan fingerprint density at radius 2 is 1.53 bits per heavy atom. The molecule has 0 aliphatic rings. The van der Waals surface area contributed by atoms with E-state index in [0.717, 1.165) is 25.7 Å². The van der Waals surface area contributed by atoms with Crippen LogP contribution in [0, 0.1) is 0 Å². The van der Waals surface area contributed by atoms with Gasteiger partial charge >= 0.3 is 14.2 Å². The minimum Gasteiger partial charge on any atom is -0.481 e. The third kappa shape index (κ3) is 5.91. The Kier molecular flexibility index (Phi) is 7.64. The summed E-state index contributed by atoms with van der Waals surface area (Å²) < 4.78 is 10.8. The van der Waals surface area contributed by atoms with Crippen molar-refractivity contribution < 1.29 is 18.8 Å². The molecule has 0 unspecified atom stereocenters. The van der Waals surface area contributed by atoms with Crippen LogP contribution in [-0.4, -0.2) is 32.5 Å². The molecule has 1 N–H and O–H groups in total. The number of carbonyl (C=O) groups is 1. The van der Waals surface area contributed by atoms with Gasteiger partial charge in [-0.25, -0.2) is 0 Å². The van der Waals surface area contributed by atoms with E-state index in [1.807, 2.05) is 13.8 Å². The maximum absolute atomic E-state index is 11.0. The fraction of sp³-hybridized carbons (Fsp3) is 0.900. The fourth-order valence-corrected chi connectivity index (χ4v) is 2.39. The Bertz CT molecular complexity index is 174. The average molecular weight is 234 g/mol. The van der Waals surface area contributed by atoms with Crippen LogP contribution in [0.25, 0.3) is 0 Å². The van der Waals surface area contributed by atoms with Crippen LogP contribution in [0.3, 0.4) is 0 Å². The molecule has 0 rings (SSSR count). The summed E-state index contributed by atoms with van der Waals surface area (Å²) in [6, 6.07) is 0. The van der Waals surface area contributed by atoms with Gasteiger partial charge in [0.15, 0.2) is 0 Å². The first-order valence-corrected chi connectivity index (χ1v) is 7.89. The Balaban J connectivity index is 4.01. The van der Waals surface area contributed by atoms with E-state index >= 15 is 0 Å². The molecule has 90 valence electrons. The Morgan fingerprint density at radius 3 is 1.80 bits per heavy atom. The zero-order valence-corrected chi connectivity index (χ0v) is 10.9. The van der Waals surface area contributed by atoms with Gasteiger partial charge in [0.2, 0.25) is 0 Å². The number of hydrogen-bond donors (Lipinski definition) is 1. The van der Waals surface area contributed by atoms with E-state index in [1.54, 1.807) is 6.55 Å². The maximum Gasteiger partial charge on any atom is 0.459 e. The molecular formula is C10H22O4Si. The SMILES string of the molecule is CCCCO[Si](C)(OCCCC)C(=O)O. The summed E-state index contributed by atoms with van der Waals surface area (Å²) in [7, 11) is -2.98. The van der Waals surface area contributed by atoms with Crippen LogP contribution in [0.2, 0.25) is 6.55 Å². The van der Waals surface area contributed by atoms with E-state index in [9.17, 15) is 4.79 Å². The molecule has 4 nitrogen and oxygen atoms in total. The second kappa shape index (κ2) is 7.84. The Hall–Kier alpha value is -0.393. The highest BCUT2D eigenvalue weighted by Crippen LogP contribution is 2.10. The van der Waals surface area contributed by atoms with Gasteiger partial charge in [-0.3, -0.25) is 4.79 Å². The van der Waals surface area contributed by atoms with E-state index in [4.69, 9.17) is 14.0 Å². The van der Waals surface area contributed by atoms with Crippen molar-refractivity contribution in [2.75, 3.05) is 13.2 Å². The van der Waals surface area contributed by atoms with Gasteiger partial charge in [-0.05, 0) is 19.4 Å². The van der Waals surface area contributed by atoms with Gasteiger partial charge in [0.1, 0.15) is 0 Å². The molecule has 0 bridgehead atoms. The van der Waals surface area contributed by atoms with Crippen molar-refractivity contribution in [2.24, 2.45) is 0 Å². The summed E-state index contributed by atoms with van der Waals surface area (Å²) >= 11 is 0. The second-order valence-electron chi connectivity index (χ2n) is 3.65. The number of rotatable bonds is 9. The van der Waals surface area contributed by atoms with Crippen LogP contribution in [0.1, 0.15) is 39.5 Å². The first-order chi connectivity index (χ1) is 7.06. The lowest BCUT2D eigenvalue weighted by Gasteiger charge is -2.22. The van der Waals surface area contributed by atoms with E-state index in [0.29, 0.717) is 13.2 Å². The van der Waals surface area contributed by atoms with E-state index in [1.165, 1.54) is 0 Å². The molecule has 0 heterocycles. The summed E-state index contributed by atoms with van der Waals surface area (Å²) in [6.45, 7) is 6.65. The molecule has 0 fully saturated rings. The molecule has 0 amide bonds. The van der Waals surface area contributed by atoms with Crippen molar-refractivity contribution in [1.29, 1.82) is 0 Å². The minimum absolute atomic E-state index is 0.484. The molecule has 0 atom stereocenters. The van der Waals surface area contributed by atoms with Crippen molar-refractivity contribution in [3.63, 3.8) is 0 Å². The van der Waals surface area contributed by atoms with Gasteiger partial charge in [-0.2, -0.15) is 0 Å². The van der Waals surface area contributed by atoms with Crippen LogP contribution in [0.5, 0.6) is 0 Å². The molecule has 0 aliphatic heterocycles. The number of unbranched alkanes of at least 4 members (excludes halogenated alkanes) is 2. The molecule has 0 aromatic heterocycles. The molecule has 0 saturated heterocycles. The highest BCUT2D eigenvalue weighted by atomic mass is 28.4. The van der Waals surface area contributed by atoms with Gasteiger partial charge < -0.3 is 14.0 Å². The third-order valence-electron chi connectivity index (χ3n) is 2.14. The van der Waals surface area contributed by atoms with Gasteiger partial charge in [0, 0.05) is 13.2 Å². The maximum atomic E-state index is 11.0. The second-order valence-corrected chi connectivity index (χ2v) is 6.55. The zero-order valence-electron chi connectivity index (χ0n) is 9.91. The molecule has 0 aromatic carbocycles. The van der Waals surface area contributed by atoms with Crippen molar-refractivity contribution in [2.45, 2.75) is 46.1 Å². The summed E-state index contributed by atoms with van der Waals surface area (Å²) in [5.74, 6) is 0. The van der Waals surface area contributed by atoms with Gasteiger partial charge in [0.25, 0.3) is 0 Å². The van der Waals surface area contributed by atoms with Crippen molar-refractivity contribution in [1.82, 2.24) is 0 Å². The summed E-state index contributed by atoms with van der Waals surface area (Å²) in [6.07, 6.45) is 3.76. The number of carboxylic acid groups (broad SMARTS) is 1. The standard InChI is InChI=1S/C10H22O4Si/c1-4-6-8-13-15(3,10(11)12)14-9-7-5-2/h4-9H2,1-3H3,(H,11,12). The molecule has 0 saturated carbocycles. The molecule has 0 aliphatic carbocycles. The van der Waals surface area contributed by atoms with Crippen LogP contribution < -0.4 is 0 Å². The van der Waals surface area contributed by atoms with E-state index in [2.05, 4.69) is 0 Å². The highest BCUT2D eigenvalue weighted by Gasteiger charge is 2.41. The van der Waals surface area contributed by atoms with Gasteiger partial charge in [-0.1, -0.05) is 26.7 Å². The third-order valence-corrected chi connectivity index (χ3v) is 4.43. The lowest BCUT2D eigenvalue weighted by Crippen LogP contribution is -2.47. The van der Waals surface area contributed by atoms with Crippen LogP contribution in [0.4, 0.5) is 4.79 Å². The van der Waals surface area contributed by atoms with Crippen molar-refractivity contribution >= 4 is 14.2 Å². The molecule has 0 spiro atoms. The number of hydrogen-bond acceptors (Lipinski definition) is 3. The fourth-order valence-electron chi connectivity index (χ4n) is 0.988. The predicted octanol–water partition coefficient (Wildman–Crippen LogP) is 2.95. The minimum atomic E-state index is -2.98. The van der Waals surface area contributed by atoms with Gasteiger partial charge in [-0.15, -0.1) is 0 Å². The first kappa shape index (κ1) is 14.6. The van der Waals surface area contributed by atoms with Crippen LogP contribution in [0.15, 0.2) is 0 Å². The Labute approximate surface area is 92.8 Å². The van der Waals surface area contributed by atoms with Gasteiger partial charge in [0.05, 0.1) is 0 Å². The van der Waals surface area contributed by atoms with E-state index < -0.39 is 14.2 Å². The predicted molar refractivity (Wildman–Crippen MR) is 61.4 cm³/mol. The summed E-state index contributed by atoms with van der Waals surface area (Å²) in [5.41, 5.74) is -0.922. The highest BCUT2D eigenvalue weighted by molar-refractivity contribution is 6.94.